The van der Waals surface area contributed by atoms with E-state index in [1.165, 1.54) is 0 Å². The van der Waals surface area contributed by atoms with Crippen LogP contribution in [-0.4, -0.2) is 22.2 Å². The van der Waals surface area contributed by atoms with Crippen molar-refractivity contribution in [1.82, 2.24) is 0 Å². The van der Waals surface area contributed by atoms with E-state index in [9.17, 15) is 4.79 Å². The molecule has 4 nitrogen and oxygen atoms in total. The molecule has 1 fully saturated rings. The van der Waals surface area contributed by atoms with Gasteiger partial charge in [-0.3, -0.25) is 0 Å². The molecule has 0 N–H and O–H groups in total. The molecule has 4 rings (SSSR count). The number of carbonyl (C=O) groups is 1. The topological polar surface area (TPSA) is 44.8 Å². The van der Waals surface area contributed by atoms with Crippen LogP contribution < -0.4 is 9.47 Å². The average molecular weight is 423 g/mol. The summed E-state index contributed by atoms with van der Waals surface area (Å²) in [7, 11) is 0. The Labute approximate surface area is 163 Å². The van der Waals surface area contributed by atoms with E-state index in [-0.39, 0.29) is 17.0 Å². The summed E-state index contributed by atoms with van der Waals surface area (Å²) in [6.07, 6.45) is 2.95. The summed E-state index contributed by atoms with van der Waals surface area (Å²) in [5, 5.41) is 0. The van der Waals surface area contributed by atoms with Crippen LogP contribution in [0.5, 0.6) is 11.5 Å². The number of rotatable bonds is 0. The molecule has 1 aromatic rings. The zero-order valence-corrected chi connectivity index (χ0v) is 18.0. The van der Waals surface area contributed by atoms with Crippen molar-refractivity contribution in [2.45, 2.75) is 77.0 Å². The van der Waals surface area contributed by atoms with Gasteiger partial charge in [0, 0.05) is 30.2 Å². The Morgan fingerprint density at radius 1 is 1.12 bits per heavy atom. The van der Waals surface area contributed by atoms with E-state index in [1.54, 1.807) is 13.8 Å². The minimum atomic E-state index is -0.966. The third-order valence-corrected chi connectivity index (χ3v) is 8.16. The van der Waals surface area contributed by atoms with E-state index in [0.29, 0.717) is 22.1 Å². The lowest BCUT2D eigenvalue weighted by molar-refractivity contribution is -0.129. The number of esters is 1. The summed E-state index contributed by atoms with van der Waals surface area (Å²) >= 11 is 3.89. The van der Waals surface area contributed by atoms with Crippen LogP contribution >= 0.6 is 15.9 Å². The zero-order chi connectivity index (χ0) is 19.1. The molecule has 2 aliphatic heterocycles. The average Bonchev–Trinajstić information content (AvgIpc) is 2.48. The number of ether oxygens (including phenoxy) is 3. The van der Waals surface area contributed by atoms with E-state index in [1.807, 2.05) is 13.0 Å². The van der Waals surface area contributed by atoms with Gasteiger partial charge in [0.2, 0.25) is 5.79 Å². The smallest absolute Gasteiger partial charge is 0.345 e. The van der Waals surface area contributed by atoms with Gasteiger partial charge in [-0.1, -0.05) is 29.8 Å². The van der Waals surface area contributed by atoms with Crippen LogP contribution in [0.3, 0.4) is 0 Å². The van der Waals surface area contributed by atoms with Crippen molar-refractivity contribution >= 4 is 21.9 Å². The maximum Gasteiger partial charge on any atom is 0.345 e. The number of hydrogen-bond acceptors (Lipinski definition) is 4. The molecule has 26 heavy (non-hydrogen) atoms. The second kappa shape index (κ2) is 5.40. The number of alkyl halides is 1. The Balaban J connectivity index is 1.88. The van der Waals surface area contributed by atoms with Gasteiger partial charge < -0.3 is 14.2 Å². The molecule has 0 saturated heterocycles. The molecule has 0 aromatic heterocycles. The van der Waals surface area contributed by atoms with Gasteiger partial charge in [-0.25, -0.2) is 4.79 Å². The Morgan fingerprint density at radius 2 is 1.81 bits per heavy atom. The highest BCUT2D eigenvalue weighted by Gasteiger charge is 2.55. The number of aryl methyl sites for hydroxylation is 1. The lowest BCUT2D eigenvalue weighted by Gasteiger charge is -2.55. The summed E-state index contributed by atoms with van der Waals surface area (Å²) in [4.78, 5) is 13.0. The summed E-state index contributed by atoms with van der Waals surface area (Å²) in [6.45, 7) is 12.3. The maximum atomic E-state index is 12.6. The van der Waals surface area contributed by atoms with Crippen LogP contribution in [0.2, 0.25) is 0 Å². The van der Waals surface area contributed by atoms with Crippen molar-refractivity contribution in [3.63, 3.8) is 0 Å². The minimum Gasteiger partial charge on any atom is -0.487 e. The van der Waals surface area contributed by atoms with E-state index in [4.69, 9.17) is 14.2 Å². The molecule has 2 heterocycles. The van der Waals surface area contributed by atoms with Gasteiger partial charge in [-0.05, 0) is 50.2 Å². The van der Waals surface area contributed by atoms with Crippen LogP contribution in [0.15, 0.2) is 6.07 Å². The summed E-state index contributed by atoms with van der Waals surface area (Å²) in [5.41, 5.74) is 2.26. The van der Waals surface area contributed by atoms with Crippen molar-refractivity contribution in [2.24, 2.45) is 11.3 Å². The SMILES string of the molecule is Cc1cc2c(c3c1C(=O)OC(C)(C)O3)C[C@@H]1C(C)(C)[C@H](Br)CC[C@@]1(C)O2. The lowest BCUT2D eigenvalue weighted by atomic mass is 9.59. The first-order valence-electron chi connectivity index (χ1n) is 9.36. The normalized spacial score (nSPS) is 33.7. The quantitative estimate of drug-likeness (QED) is 0.427. The molecule has 1 aromatic carbocycles. The fourth-order valence-electron chi connectivity index (χ4n) is 5.01. The molecular formula is C21H27BrO4. The third kappa shape index (κ3) is 2.49. The molecule has 0 amide bonds. The third-order valence-electron chi connectivity index (χ3n) is 6.52. The molecule has 142 valence electrons. The molecule has 3 aliphatic rings. The second-order valence-electron chi connectivity index (χ2n) is 9.26. The lowest BCUT2D eigenvalue weighted by Crippen LogP contribution is -2.57. The van der Waals surface area contributed by atoms with E-state index in [0.717, 1.165) is 36.1 Å². The van der Waals surface area contributed by atoms with Gasteiger partial charge in [0.15, 0.2) is 0 Å². The van der Waals surface area contributed by atoms with Crippen molar-refractivity contribution in [3.8, 4) is 11.5 Å². The summed E-state index contributed by atoms with van der Waals surface area (Å²) in [6, 6.07) is 1.98. The molecule has 0 unspecified atom stereocenters. The minimum absolute atomic E-state index is 0.0765. The first kappa shape index (κ1) is 18.1. The highest BCUT2D eigenvalue weighted by Crippen LogP contribution is 2.57. The molecule has 3 atom stereocenters. The van der Waals surface area contributed by atoms with Gasteiger partial charge >= 0.3 is 5.97 Å². The van der Waals surface area contributed by atoms with Crippen LogP contribution in [0.25, 0.3) is 0 Å². The van der Waals surface area contributed by atoms with E-state index >= 15 is 0 Å². The molecule has 1 aliphatic carbocycles. The van der Waals surface area contributed by atoms with Gasteiger partial charge in [0.1, 0.15) is 22.7 Å². The Morgan fingerprint density at radius 3 is 2.50 bits per heavy atom. The van der Waals surface area contributed by atoms with Gasteiger partial charge in [0.05, 0.1) is 0 Å². The Kier molecular flexibility index (Phi) is 3.77. The van der Waals surface area contributed by atoms with Crippen LogP contribution in [0, 0.1) is 18.3 Å². The molecule has 0 radical (unpaired) electrons. The fraction of sp³-hybridized carbons (Fsp3) is 0.667. The van der Waals surface area contributed by atoms with Gasteiger partial charge in [0.25, 0.3) is 0 Å². The van der Waals surface area contributed by atoms with Crippen molar-refractivity contribution in [3.05, 3.63) is 22.8 Å². The monoisotopic (exact) mass is 422 g/mol. The number of fused-ring (bicyclic) bond motifs is 4. The van der Waals surface area contributed by atoms with Crippen LogP contribution in [-0.2, 0) is 11.2 Å². The summed E-state index contributed by atoms with van der Waals surface area (Å²) in [5.74, 6) is 0.556. The van der Waals surface area contributed by atoms with E-state index in [2.05, 4.69) is 36.7 Å². The maximum absolute atomic E-state index is 12.6. The Hall–Kier alpha value is -1.23. The van der Waals surface area contributed by atoms with Crippen molar-refractivity contribution in [1.29, 1.82) is 0 Å². The van der Waals surface area contributed by atoms with Gasteiger partial charge in [-0.2, -0.15) is 0 Å². The largest absolute Gasteiger partial charge is 0.487 e. The predicted molar refractivity (Wildman–Crippen MR) is 103 cm³/mol. The molecule has 1 saturated carbocycles. The van der Waals surface area contributed by atoms with E-state index < -0.39 is 5.79 Å². The number of cyclic esters (lactones) is 1. The molecule has 0 spiro atoms. The van der Waals surface area contributed by atoms with Crippen LogP contribution in [0.1, 0.15) is 68.9 Å². The molecular weight excluding hydrogens is 396 g/mol. The van der Waals surface area contributed by atoms with Gasteiger partial charge in [-0.15, -0.1) is 0 Å². The Bertz CT molecular complexity index is 798. The standard InChI is InChI=1S/C21H27BrO4/c1-11-9-13-12(17-16(11)18(23)26-20(4,5)25-17)10-14-19(2,3)15(22)7-8-21(14,6)24-13/h9,14-15H,7-8,10H2,1-6H3/t14-,15-,21-/m1/s1. The highest BCUT2D eigenvalue weighted by atomic mass is 79.9. The number of carbonyl (C=O) groups excluding carboxylic acids is 1. The fourth-order valence-corrected chi connectivity index (χ4v) is 5.56. The van der Waals surface area contributed by atoms with Crippen molar-refractivity contribution < 1.29 is 19.0 Å². The summed E-state index contributed by atoms with van der Waals surface area (Å²) < 4.78 is 18.2. The number of hydrogen-bond donors (Lipinski definition) is 0. The highest BCUT2D eigenvalue weighted by molar-refractivity contribution is 9.09. The second-order valence-corrected chi connectivity index (χ2v) is 10.4. The molecule has 5 heteroatoms. The van der Waals surface area contributed by atoms with Crippen molar-refractivity contribution in [2.75, 3.05) is 0 Å². The van der Waals surface area contributed by atoms with Crippen LogP contribution in [0.4, 0.5) is 0 Å². The number of benzene rings is 1. The first-order valence-corrected chi connectivity index (χ1v) is 10.3. The first-order chi connectivity index (χ1) is 11.9. The molecule has 0 bridgehead atoms. The zero-order valence-electron chi connectivity index (χ0n) is 16.4. The predicted octanol–water partition coefficient (Wildman–Crippen LogP) is 5.17. The number of halogens is 1.